The second kappa shape index (κ2) is 8.49. The molecule has 0 unspecified atom stereocenters. The van der Waals surface area contributed by atoms with Gasteiger partial charge in [0.25, 0.3) is 5.56 Å². The summed E-state index contributed by atoms with van der Waals surface area (Å²) in [4.78, 5) is 27.6. The van der Waals surface area contributed by atoms with E-state index in [1.54, 1.807) is 13.1 Å². The number of carbonyl (C=O) groups is 1. The normalized spacial score (nSPS) is 15.3. The highest BCUT2D eigenvalue weighted by molar-refractivity contribution is 6.31. The molecule has 0 spiro atoms. The average molecular weight is 467 g/mol. The number of fused-ring (bicyclic) bond motifs is 3. The van der Waals surface area contributed by atoms with Crippen molar-refractivity contribution in [3.63, 3.8) is 0 Å². The Bertz CT molecular complexity index is 1420. The maximum absolute atomic E-state index is 12.7. The summed E-state index contributed by atoms with van der Waals surface area (Å²) in [7, 11) is 1.70. The van der Waals surface area contributed by atoms with Crippen molar-refractivity contribution in [2.45, 2.75) is 19.4 Å². The van der Waals surface area contributed by atoms with Crippen LogP contribution in [0.5, 0.6) is 5.75 Å². The number of hydrogen-bond donors (Lipinski definition) is 2. The van der Waals surface area contributed by atoms with E-state index in [9.17, 15) is 14.7 Å². The van der Waals surface area contributed by atoms with Crippen molar-refractivity contribution in [3.05, 3.63) is 63.7 Å². The zero-order valence-electron chi connectivity index (χ0n) is 18.0. The summed E-state index contributed by atoms with van der Waals surface area (Å²) in [5, 5.41) is 22.4. The number of aryl methyl sites for hydroxylation is 1. The second-order valence-corrected chi connectivity index (χ2v) is 8.77. The van der Waals surface area contributed by atoms with Crippen LogP contribution in [0.4, 0.5) is 5.69 Å². The summed E-state index contributed by atoms with van der Waals surface area (Å²) >= 11 is 5.97. The predicted octanol–water partition coefficient (Wildman–Crippen LogP) is 2.79. The highest BCUT2D eigenvalue weighted by atomic mass is 35.5. The van der Waals surface area contributed by atoms with Gasteiger partial charge in [0.1, 0.15) is 5.75 Å². The van der Waals surface area contributed by atoms with E-state index in [2.05, 4.69) is 20.4 Å². The standard InChI is InChI=1S/C23H23ClN6O3/c1-28-22(33)16-4-2-3-5-18(16)30-20(26-27-23(28)30)13-29-10-8-14(9-11-29)21(32)25-17-12-15(24)6-7-19(17)31/h2-7,12,14,31H,8-11,13H2,1H3,(H,25,32). The summed E-state index contributed by atoms with van der Waals surface area (Å²) in [5.41, 5.74) is 1.00. The van der Waals surface area contributed by atoms with Gasteiger partial charge in [0.15, 0.2) is 5.82 Å². The summed E-state index contributed by atoms with van der Waals surface area (Å²) in [5.74, 6) is 0.968. The number of rotatable bonds is 4. The maximum Gasteiger partial charge on any atom is 0.262 e. The van der Waals surface area contributed by atoms with Crippen LogP contribution >= 0.6 is 11.6 Å². The van der Waals surface area contributed by atoms with Gasteiger partial charge in [0.05, 0.1) is 23.1 Å². The number of halogens is 1. The number of aromatic nitrogens is 4. The van der Waals surface area contributed by atoms with Crippen molar-refractivity contribution in [1.29, 1.82) is 0 Å². The molecule has 1 aliphatic rings. The maximum atomic E-state index is 12.7. The lowest BCUT2D eigenvalue weighted by Gasteiger charge is -2.30. The topological polar surface area (TPSA) is 105 Å². The van der Waals surface area contributed by atoms with Crippen molar-refractivity contribution in [2.24, 2.45) is 13.0 Å². The number of carbonyl (C=O) groups excluding carboxylic acids is 1. The molecular weight excluding hydrogens is 444 g/mol. The van der Waals surface area contributed by atoms with Crippen LogP contribution in [0.15, 0.2) is 47.3 Å². The molecule has 2 aromatic heterocycles. The van der Waals surface area contributed by atoms with E-state index < -0.39 is 0 Å². The number of anilines is 1. The molecule has 0 atom stereocenters. The van der Waals surface area contributed by atoms with Crippen LogP contribution in [0.1, 0.15) is 18.7 Å². The number of benzene rings is 2. The zero-order chi connectivity index (χ0) is 23.1. The van der Waals surface area contributed by atoms with Gasteiger partial charge in [-0.25, -0.2) is 0 Å². The van der Waals surface area contributed by atoms with Crippen molar-refractivity contribution in [2.75, 3.05) is 18.4 Å². The number of phenols is 1. The van der Waals surface area contributed by atoms with E-state index in [4.69, 9.17) is 11.6 Å². The van der Waals surface area contributed by atoms with E-state index in [0.717, 1.165) is 24.4 Å². The molecule has 2 N–H and O–H groups in total. The zero-order valence-corrected chi connectivity index (χ0v) is 18.8. The molecule has 1 saturated heterocycles. The largest absolute Gasteiger partial charge is 0.506 e. The Morgan fingerprint density at radius 3 is 2.73 bits per heavy atom. The van der Waals surface area contributed by atoms with Crippen LogP contribution in [0, 0.1) is 5.92 Å². The van der Waals surface area contributed by atoms with E-state index in [-0.39, 0.29) is 23.1 Å². The van der Waals surface area contributed by atoms with Gasteiger partial charge in [-0.1, -0.05) is 23.7 Å². The molecule has 33 heavy (non-hydrogen) atoms. The molecule has 1 fully saturated rings. The summed E-state index contributed by atoms with van der Waals surface area (Å²) in [6, 6.07) is 12.0. The molecule has 0 saturated carbocycles. The van der Waals surface area contributed by atoms with Crippen molar-refractivity contribution >= 4 is 39.9 Å². The molecule has 170 valence electrons. The van der Waals surface area contributed by atoms with Gasteiger partial charge >= 0.3 is 0 Å². The molecule has 0 radical (unpaired) electrons. The molecule has 2 aromatic carbocycles. The number of aromatic hydroxyl groups is 1. The van der Waals surface area contributed by atoms with Crippen LogP contribution in [0.2, 0.25) is 5.02 Å². The SMILES string of the molecule is Cn1c(=O)c2ccccc2n2c(CN3CCC(C(=O)Nc4cc(Cl)ccc4O)CC3)nnc12. The summed E-state index contributed by atoms with van der Waals surface area (Å²) in [6.45, 7) is 2.00. The first kappa shape index (κ1) is 21.4. The second-order valence-electron chi connectivity index (χ2n) is 8.33. The predicted molar refractivity (Wildman–Crippen MR) is 125 cm³/mol. The molecular formula is C23H23ClN6O3. The Balaban J connectivity index is 1.30. The molecule has 0 aliphatic carbocycles. The molecule has 5 rings (SSSR count). The monoisotopic (exact) mass is 466 g/mol. The van der Waals surface area contributed by atoms with Gasteiger partial charge in [0.2, 0.25) is 11.7 Å². The number of phenolic OH excluding ortho intramolecular Hbond substituents is 1. The minimum Gasteiger partial charge on any atom is -0.506 e. The highest BCUT2D eigenvalue weighted by Gasteiger charge is 2.27. The lowest BCUT2D eigenvalue weighted by molar-refractivity contribution is -0.121. The number of nitrogens with one attached hydrogen (secondary N) is 1. The summed E-state index contributed by atoms with van der Waals surface area (Å²) in [6.07, 6.45) is 1.37. The highest BCUT2D eigenvalue weighted by Crippen LogP contribution is 2.28. The number of hydrogen-bond acceptors (Lipinski definition) is 6. The Morgan fingerprint density at radius 1 is 1.18 bits per heavy atom. The smallest absolute Gasteiger partial charge is 0.262 e. The average Bonchev–Trinajstić information content (AvgIpc) is 3.24. The Labute approximate surface area is 194 Å². The first-order chi connectivity index (χ1) is 15.9. The van der Waals surface area contributed by atoms with Gasteiger partial charge in [-0.3, -0.25) is 23.5 Å². The van der Waals surface area contributed by atoms with Gasteiger partial charge in [-0.05, 0) is 56.3 Å². The minimum absolute atomic E-state index is 0.00880. The molecule has 1 amide bonds. The minimum atomic E-state index is -0.156. The van der Waals surface area contributed by atoms with Crippen LogP contribution in [0.3, 0.4) is 0 Å². The van der Waals surface area contributed by atoms with Crippen molar-refractivity contribution in [1.82, 2.24) is 24.1 Å². The number of para-hydroxylation sites is 1. The quantitative estimate of drug-likeness (QED) is 0.448. The molecule has 1 aliphatic heterocycles. The van der Waals surface area contributed by atoms with Crippen LogP contribution in [-0.4, -0.2) is 48.2 Å². The molecule has 0 bridgehead atoms. The Morgan fingerprint density at radius 2 is 1.94 bits per heavy atom. The fourth-order valence-corrected chi connectivity index (χ4v) is 4.56. The Kier molecular flexibility index (Phi) is 5.51. The van der Waals surface area contributed by atoms with Gasteiger partial charge in [-0.2, -0.15) is 0 Å². The number of piperidine rings is 1. The first-order valence-corrected chi connectivity index (χ1v) is 11.1. The van der Waals surface area contributed by atoms with Crippen LogP contribution < -0.4 is 10.9 Å². The van der Waals surface area contributed by atoms with E-state index in [1.807, 2.05) is 28.7 Å². The lowest BCUT2D eigenvalue weighted by Crippen LogP contribution is -2.38. The van der Waals surface area contributed by atoms with E-state index in [0.29, 0.717) is 41.3 Å². The Hall–Kier alpha value is -3.43. The van der Waals surface area contributed by atoms with Gasteiger partial charge in [-0.15, -0.1) is 10.2 Å². The third kappa shape index (κ3) is 3.94. The number of nitrogens with zero attached hydrogens (tertiary/aromatic N) is 5. The van der Waals surface area contributed by atoms with Crippen LogP contribution in [0.25, 0.3) is 16.7 Å². The first-order valence-electron chi connectivity index (χ1n) is 10.8. The van der Waals surface area contributed by atoms with E-state index >= 15 is 0 Å². The van der Waals surface area contributed by atoms with Crippen molar-refractivity contribution < 1.29 is 9.90 Å². The van der Waals surface area contributed by atoms with Crippen LogP contribution in [-0.2, 0) is 18.4 Å². The fraction of sp³-hybridized carbons (Fsp3) is 0.304. The number of amides is 1. The number of likely N-dealkylation sites (tertiary alicyclic amines) is 1. The molecule has 4 aromatic rings. The van der Waals surface area contributed by atoms with Gasteiger partial charge in [0, 0.05) is 18.0 Å². The fourth-order valence-electron chi connectivity index (χ4n) is 4.39. The molecule has 3 heterocycles. The third-order valence-electron chi connectivity index (χ3n) is 6.23. The van der Waals surface area contributed by atoms with Crippen molar-refractivity contribution in [3.8, 4) is 5.75 Å². The van der Waals surface area contributed by atoms with Gasteiger partial charge < -0.3 is 10.4 Å². The molecule has 10 heteroatoms. The summed E-state index contributed by atoms with van der Waals surface area (Å²) < 4.78 is 3.44. The van der Waals surface area contributed by atoms with E-state index in [1.165, 1.54) is 16.7 Å². The third-order valence-corrected chi connectivity index (χ3v) is 6.47. The molecule has 9 nitrogen and oxygen atoms in total. The lowest BCUT2D eigenvalue weighted by atomic mass is 9.95.